The Balaban J connectivity index is 2.20. The van der Waals surface area contributed by atoms with Crippen LogP contribution in [0.3, 0.4) is 0 Å². The first-order chi connectivity index (χ1) is 12.6. The molecule has 0 atom stereocenters. The summed E-state index contributed by atoms with van der Waals surface area (Å²) in [5.41, 5.74) is 5.51. The number of fused-ring (bicyclic) bond motifs is 1. The maximum atomic E-state index is 2.36. The van der Waals surface area contributed by atoms with Crippen molar-refractivity contribution in [2.24, 2.45) is 0 Å². The summed E-state index contributed by atoms with van der Waals surface area (Å²) in [5.74, 6) is 0. The van der Waals surface area contributed by atoms with Crippen molar-refractivity contribution in [3.8, 4) is 0 Å². The van der Waals surface area contributed by atoms with Crippen molar-refractivity contribution in [2.75, 3.05) is 0 Å². The van der Waals surface area contributed by atoms with Crippen LogP contribution in [0.2, 0.25) is 0 Å². The number of benzene rings is 6. The monoisotopic (exact) mass is 332 g/mol. The number of hydrogen-bond acceptors (Lipinski definition) is 0. The zero-order valence-electron chi connectivity index (χ0n) is 15.6. The van der Waals surface area contributed by atoms with Crippen molar-refractivity contribution in [3.05, 3.63) is 70.8 Å². The van der Waals surface area contributed by atoms with Gasteiger partial charge in [-0.05, 0) is 104 Å². The molecule has 6 aromatic rings. The average Bonchev–Trinajstić information content (AvgIpc) is 2.62. The van der Waals surface area contributed by atoms with Crippen LogP contribution in [0.25, 0.3) is 53.9 Å². The Morgan fingerprint density at radius 2 is 0.923 bits per heavy atom. The highest BCUT2D eigenvalue weighted by atomic mass is 14.2. The molecule has 6 rings (SSSR count). The second kappa shape index (κ2) is 4.45. The van der Waals surface area contributed by atoms with Crippen molar-refractivity contribution >= 4 is 53.9 Å². The average molecular weight is 332 g/mol. The van der Waals surface area contributed by atoms with Crippen molar-refractivity contribution < 1.29 is 0 Å². The Bertz CT molecular complexity index is 1470. The summed E-state index contributed by atoms with van der Waals surface area (Å²) < 4.78 is 0. The summed E-state index contributed by atoms with van der Waals surface area (Å²) in [5, 5.41) is 14.2. The fourth-order valence-corrected chi connectivity index (χ4v) is 5.33. The molecular formula is C26H20. The Morgan fingerprint density at radius 1 is 0.385 bits per heavy atom. The van der Waals surface area contributed by atoms with Crippen LogP contribution in [0.5, 0.6) is 0 Å². The fraction of sp³-hybridized carbons (Fsp3) is 0.154. The second-order valence-corrected chi connectivity index (χ2v) is 8.01. The van der Waals surface area contributed by atoms with E-state index in [4.69, 9.17) is 0 Å². The molecule has 0 N–H and O–H groups in total. The molecule has 0 aliphatic rings. The number of rotatable bonds is 0. The minimum atomic E-state index is 1.36. The van der Waals surface area contributed by atoms with Gasteiger partial charge in [0.25, 0.3) is 0 Å². The summed E-state index contributed by atoms with van der Waals surface area (Å²) in [6.07, 6.45) is 0. The van der Waals surface area contributed by atoms with Crippen LogP contribution < -0.4 is 0 Å². The minimum Gasteiger partial charge on any atom is -0.0581 e. The van der Waals surface area contributed by atoms with Gasteiger partial charge in [0.05, 0.1) is 0 Å². The molecule has 0 aromatic heterocycles. The summed E-state index contributed by atoms with van der Waals surface area (Å²) in [7, 11) is 0. The van der Waals surface area contributed by atoms with Crippen LogP contribution in [-0.4, -0.2) is 0 Å². The molecule has 0 heteroatoms. The SMILES string of the molecule is Cc1cc(C)c2c3c(C)ccc4c(C)cc5ccc6ccc1c2c6c5c43. The molecule has 0 nitrogen and oxygen atoms in total. The van der Waals surface area contributed by atoms with Crippen molar-refractivity contribution in [1.82, 2.24) is 0 Å². The largest absolute Gasteiger partial charge is 0.0581 e. The molecule has 6 aromatic carbocycles. The van der Waals surface area contributed by atoms with Gasteiger partial charge in [-0.3, -0.25) is 0 Å². The third-order valence-corrected chi connectivity index (χ3v) is 6.43. The molecule has 0 aliphatic carbocycles. The topological polar surface area (TPSA) is 0 Å². The van der Waals surface area contributed by atoms with Gasteiger partial charge in [0.15, 0.2) is 0 Å². The maximum absolute atomic E-state index is 2.36. The molecule has 0 aliphatic heterocycles. The summed E-state index contributed by atoms with van der Waals surface area (Å²) in [6.45, 7) is 9.04. The van der Waals surface area contributed by atoms with E-state index in [2.05, 4.69) is 76.2 Å². The zero-order chi connectivity index (χ0) is 17.7. The van der Waals surface area contributed by atoms with Gasteiger partial charge in [0.1, 0.15) is 0 Å². The molecule has 0 heterocycles. The Morgan fingerprint density at radius 3 is 1.69 bits per heavy atom. The van der Waals surface area contributed by atoms with Gasteiger partial charge in [-0.25, -0.2) is 0 Å². The van der Waals surface area contributed by atoms with E-state index in [1.165, 1.54) is 76.1 Å². The quantitative estimate of drug-likeness (QED) is 0.199. The highest BCUT2D eigenvalue weighted by Crippen LogP contribution is 2.47. The molecule has 26 heavy (non-hydrogen) atoms. The molecule has 0 bridgehead atoms. The van der Waals surface area contributed by atoms with Crippen LogP contribution in [0, 0.1) is 27.7 Å². The van der Waals surface area contributed by atoms with E-state index in [1.54, 1.807) is 0 Å². The van der Waals surface area contributed by atoms with Gasteiger partial charge in [-0.2, -0.15) is 0 Å². The number of aryl methyl sites for hydroxylation is 4. The number of hydrogen-bond donors (Lipinski definition) is 0. The van der Waals surface area contributed by atoms with Gasteiger partial charge in [-0.15, -0.1) is 0 Å². The molecule has 0 amide bonds. The van der Waals surface area contributed by atoms with Crippen LogP contribution in [-0.2, 0) is 0 Å². The van der Waals surface area contributed by atoms with Gasteiger partial charge in [0, 0.05) is 0 Å². The van der Waals surface area contributed by atoms with Gasteiger partial charge in [-0.1, -0.05) is 48.5 Å². The van der Waals surface area contributed by atoms with E-state index in [-0.39, 0.29) is 0 Å². The lowest BCUT2D eigenvalue weighted by atomic mass is 9.81. The molecular weight excluding hydrogens is 312 g/mol. The molecule has 124 valence electrons. The van der Waals surface area contributed by atoms with Crippen molar-refractivity contribution in [3.63, 3.8) is 0 Å². The van der Waals surface area contributed by atoms with Gasteiger partial charge >= 0.3 is 0 Å². The standard InChI is InChI=1S/C26H20/c1-13-5-9-19-15(3)12-18-7-6-17-8-10-20-14(2)11-16(4)22-21(13)25(19)24(18)23(17)26(20)22/h5-12H,1-4H3. The van der Waals surface area contributed by atoms with Gasteiger partial charge in [0.2, 0.25) is 0 Å². The van der Waals surface area contributed by atoms with E-state index in [1.807, 2.05) is 0 Å². The lowest BCUT2D eigenvalue weighted by Gasteiger charge is -2.22. The van der Waals surface area contributed by atoms with E-state index in [0.717, 1.165) is 0 Å². The Hall–Kier alpha value is -2.86. The predicted octanol–water partition coefficient (Wildman–Crippen LogP) is 7.56. The highest BCUT2D eigenvalue weighted by molar-refractivity contribution is 6.41. The van der Waals surface area contributed by atoms with Gasteiger partial charge < -0.3 is 0 Å². The van der Waals surface area contributed by atoms with E-state index in [0.29, 0.717) is 0 Å². The first-order valence-corrected chi connectivity index (χ1v) is 9.39. The highest BCUT2D eigenvalue weighted by Gasteiger charge is 2.20. The predicted molar refractivity (Wildman–Crippen MR) is 115 cm³/mol. The minimum absolute atomic E-state index is 1.36. The first-order valence-electron chi connectivity index (χ1n) is 9.39. The third-order valence-electron chi connectivity index (χ3n) is 6.43. The molecule has 0 saturated heterocycles. The van der Waals surface area contributed by atoms with Crippen molar-refractivity contribution in [2.45, 2.75) is 27.7 Å². The van der Waals surface area contributed by atoms with E-state index in [9.17, 15) is 0 Å². The molecule has 0 unspecified atom stereocenters. The van der Waals surface area contributed by atoms with E-state index >= 15 is 0 Å². The van der Waals surface area contributed by atoms with Crippen LogP contribution >= 0.6 is 0 Å². The van der Waals surface area contributed by atoms with E-state index < -0.39 is 0 Å². The van der Waals surface area contributed by atoms with Crippen LogP contribution in [0.15, 0.2) is 48.5 Å². The lowest BCUT2D eigenvalue weighted by Crippen LogP contribution is -1.95. The second-order valence-electron chi connectivity index (χ2n) is 8.01. The Labute approximate surface area is 152 Å². The molecule has 0 saturated carbocycles. The fourth-order valence-electron chi connectivity index (χ4n) is 5.33. The molecule has 0 spiro atoms. The van der Waals surface area contributed by atoms with Crippen LogP contribution in [0.1, 0.15) is 22.3 Å². The maximum Gasteiger partial charge on any atom is -0.00138 e. The summed E-state index contributed by atoms with van der Waals surface area (Å²) >= 11 is 0. The third kappa shape index (κ3) is 1.48. The first kappa shape index (κ1) is 14.3. The Kier molecular flexibility index (Phi) is 2.45. The lowest BCUT2D eigenvalue weighted by molar-refractivity contribution is 1.46. The molecule has 0 radical (unpaired) electrons. The zero-order valence-corrected chi connectivity index (χ0v) is 15.6. The molecule has 0 fully saturated rings. The van der Waals surface area contributed by atoms with Crippen LogP contribution in [0.4, 0.5) is 0 Å². The van der Waals surface area contributed by atoms with Crippen molar-refractivity contribution in [1.29, 1.82) is 0 Å². The summed E-state index contributed by atoms with van der Waals surface area (Å²) in [4.78, 5) is 0. The summed E-state index contributed by atoms with van der Waals surface area (Å²) in [6, 6.07) is 18.6. The smallest absolute Gasteiger partial charge is 0.00138 e. The normalized spacial score (nSPS) is 12.6.